The molecule has 23 heavy (non-hydrogen) atoms. The zero-order valence-corrected chi connectivity index (χ0v) is 13.6. The Morgan fingerprint density at radius 1 is 1.30 bits per heavy atom. The van der Waals surface area contributed by atoms with E-state index in [-0.39, 0.29) is 11.9 Å². The number of amides is 1. The average molecular weight is 312 g/mol. The lowest BCUT2D eigenvalue weighted by molar-refractivity contribution is -0.127. The van der Waals surface area contributed by atoms with Gasteiger partial charge in [0.1, 0.15) is 5.82 Å². The van der Waals surface area contributed by atoms with Gasteiger partial charge in [-0.15, -0.1) is 0 Å². The fraction of sp³-hybridized carbons (Fsp3) is 0.444. The lowest BCUT2D eigenvalue weighted by Crippen LogP contribution is -2.33. The molecule has 122 valence electrons. The summed E-state index contributed by atoms with van der Waals surface area (Å²) >= 11 is 0. The quantitative estimate of drug-likeness (QED) is 0.847. The van der Waals surface area contributed by atoms with Crippen LogP contribution in [0.2, 0.25) is 0 Å². The van der Waals surface area contributed by atoms with E-state index in [1.54, 1.807) is 6.20 Å². The molecule has 1 N–H and O–H groups in total. The summed E-state index contributed by atoms with van der Waals surface area (Å²) in [7, 11) is 1.99. The molecule has 3 rings (SSSR count). The third-order valence-corrected chi connectivity index (χ3v) is 4.42. The number of rotatable bonds is 7. The van der Waals surface area contributed by atoms with Crippen LogP contribution in [0.5, 0.6) is 0 Å². The molecule has 1 aliphatic heterocycles. The van der Waals surface area contributed by atoms with Gasteiger partial charge in [0, 0.05) is 45.0 Å². The van der Waals surface area contributed by atoms with Gasteiger partial charge in [-0.3, -0.25) is 4.79 Å². The van der Waals surface area contributed by atoms with Crippen LogP contribution in [-0.4, -0.2) is 39.5 Å². The van der Waals surface area contributed by atoms with Gasteiger partial charge in [-0.1, -0.05) is 30.3 Å². The highest BCUT2D eigenvalue weighted by atomic mass is 16.2. The lowest BCUT2D eigenvalue weighted by Gasteiger charge is -2.17. The third kappa shape index (κ3) is 4.20. The topological polar surface area (TPSA) is 50.2 Å². The highest BCUT2D eigenvalue weighted by Gasteiger charge is 2.28. The van der Waals surface area contributed by atoms with E-state index >= 15 is 0 Å². The molecule has 0 radical (unpaired) electrons. The molecule has 1 aromatic heterocycles. The van der Waals surface area contributed by atoms with E-state index in [9.17, 15) is 4.79 Å². The number of hydrogen-bond acceptors (Lipinski definition) is 3. The largest absolute Gasteiger partial charge is 0.341 e. The molecule has 0 spiro atoms. The molecular formula is C18H24N4O. The molecule has 0 saturated carbocycles. The van der Waals surface area contributed by atoms with Crippen LogP contribution < -0.4 is 5.32 Å². The van der Waals surface area contributed by atoms with E-state index in [2.05, 4.69) is 34.6 Å². The van der Waals surface area contributed by atoms with Crippen LogP contribution in [0, 0.1) is 0 Å². The highest BCUT2D eigenvalue weighted by Crippen LogP contribution is 2.13. The molecule has 5 nitrogen and oxygen atoms in total. The fourth-order valence-corrected chi connectivity index (χ4v) is 3.05. The van der Waals surface area contributed by atoms with Crippen LogP contribution in [0.25, 0.3) is 0 Å². The smallest absolute Gasteiger partial charge is 0.224 e. The zero-order chi connectivity index (χ0) is 16.1. The number of aryl methyl sites for hydroxylation is 2. The molecule has 1 atom stereocenters. The molecule has 1 saturated heterocycles. The van der Waals surface area contributed by atoms with Gasteiger partial charge in [0.05, 0.1) is 6.54 Å². The molecular weight excluding hydrogens is 288 g/mol. The van der Waals surface area contributed by atoms with Crippen molar-refractivity contribution in [1.29, 1.82) is 0 Å². The van der Waals surface area contributed by atoms with Crippen LogP contribution in [-0.2, 0) is 24.8 Å². The zero-order valence-electron chi connectivity index (χ0n) is 13.6. The van der Waals surface area contributed by atoms with Crippen LogP contribution in [0.15, 0.2) is 42.7 Å². The van der Waals surface area contributed by atoms with Crippen molar-refractivity contribution < 1.29 is 4.79 Å². The molecule has 1 aliphatic rings. The van der Waals surface area contributed by atoms with Crippen molar-refractivity contribution in [1.82, 2.24) is 19.8 Å². The van der Waals surface area contributed by atoms with Gasteiger partial charge in [0.25, 0.3) is 0 Å². The maximum Gasteiger partial charge on any atom is 0.224 e. The van der Waals surface area contributed by atoms with Crippen molar-refractivity contribution in [3.05, 3.63) is 54.1 Å². The normalized spacial score (nSPS) is 17.9. The molecule has 1 amide bonds. The van der Waals surface area contributed by atoms with Crippen molar-refractivity contribution >= 4 is 5.91 Å². The first-order chi connectivity index (χ1) is 11.2. The predicted molar refractivity (Wildman–Crippen MR) is 89.8 cm³/mol. The van der Waals surface area contributed by atoms with E-state index in [4.69, 9.17) is 0 Å². The number of benzene rings is 1. The number of carbonyl (C=O) groups is 1. The Labute approximate surface area is 137 Å². The Morgan fingerprint density at radius 3 is 2.87 bits per heavy atom. The van der Waals surface area contributed by atoms with Gasteiger partial charge in [-0.05, 0) is 18.4 Å². The molecule has 0 aliphatic carbocycles. The van der Waals surface area contributed by atoms with Gasteiger partial charge in [0.15, 0.2) is 0 Å². The van der Waals surface area contributed by atoms with Crippen LogP contribution in [0.3, 0.4) is 0 Å². The highest BCUT2D eigenvalue weighted by molar-refractivity contribution is 5.79. The summed E-state index contributed by atoms with van der Waals surface area (Å²) in [5.41, 5.74) is 1.34. The molecule has 1 unspecified atom stereocenters. The molecule has 1 aromatic carbocycles. The Morgan fingerprint density at radius 2 is 2.13 bits per heavy atom. The standard InChI is InChI=1S/C18H24N4O/c1-21-11-9-19-17(21)13-20-16-12-18(23)22(14-16)10-5-8-15-6-3-2-4-7-15/h2-4,6-7,9,11,16,20H,5,8,10,12-14H2,1H3. The minimum atomic E-state index is 0.232. The summed E-state index contributed by atoms with van der Waals surface area (Å²) in [6, 6.07) is 10.7. The second-order valence-electron chi connectivity index (χ2n) is 6.17. The number of nitrogens with one attached hydrogen (secondary N) is 1. The summed E-state index contributed by atoms with van der Waals surface area (Å²) in [5.74, 6) is 1.26. The Balaban J connectivity index is 1.41. The second-order valence-corrected chi connectivity index (χ2v) is 6.17. The minimum absolute atomic E-state index is 0.232. The van der Waals surface area contributed by atoms with E-state index in [1.807, 2.05) is 28.8 Å². The number of hydrogen-bond donors (Lipinski definition) is 1. The van der Waals surface area contributed by atoms with Crippen LogP contribution >= 0.6 is 0 Å². The Kier molecular flexibility index (Phi) is 5.08. The molecule has 0 bridgehead atoms. The summed E-state index contributed by atoms with van der Waals surface area (Å²) in [6.45, 7) is 2.35. The summed E-state index contributed by atoms with van der Waals surface area (Å²) in [4.78, 5) is 18.4. The van der Waals surface area contributed by atoms with Crippen molar-refractivity contribution in [2.45, 2.75) is 31.8 Å². The molecule has 5 heteroatoms. The summed E-state index contributed by atoms with van der Waals surface area (Å²) in [5, 5.41) is 3.45. The minimum Gasteiger partial charge on any atom is -0.341 e. The second kappa shape index (κ2) is 7.42. The van der Waals surface area contributed by atoms with Gasteiger partial charge < -0.3 is 14.8 Å². The molecule has 1 fully saturated rings. The predicted octanol–water partition coefficient (Wildman–Crippen LogP) is 1.74. The van der Waals surface area contributed by atoms with E-state index in [0.717, 1.165) is 31.8 Å². The Bertz CT molecular complexity index is 637. The Hall–Kier alpha value is -2.14. The van der Waals surface area contributed by atoms with E-state index in [0.29, 0.717) is 13.0 Å². The van der Waals surface area contributed by atoms with Gasteiger partial charge >= 0.3 is 0 Å². The first-order valence-electron chi connectivity index (χ1n) is 8.23. The van der Waals surface area contributed by atoms with Crippen LogP contribution in [0.4, 0.5) is 0 Å². The monoisotopic (exact) mass is 312 g/mol. The van der Waals surface area contributed by atoms with Crippen LogP contribution in [0.1, 0.15) is 24.2 Å². The lowest BCUT2D eigenvalue weighted by atomic mass is 10.1. The first kappa shape index (κ1) is 15.7. The fourth-order valence-electron chi connectivity index (χ4n) is 3.05. The number of likely N-dealkylation sites (tertiary alicyclic amines) is 1. The number of aromatic nitrogens is 2. The number of nitrogens with zero attached hydrogens (tertiary/aromatic N) is 3. The molecule has 2 heterocycles. The maximum atomic E-state index is 12.1. The van der Waals surface area contributed by atoms with E-state index in [1.165, 1.54) is 5.56 Å². The van der Waals surface area contributed by atoms with Crippen molar-refractivity contribution in [2.75, 3.05) is 13.1 Å². The SMILES string of the molecule is Cn1ccnc1CNC1CC(=O)N(CCCc2ccccc2)C1. The summed E-state index contributed by atoms with van der Waals surface area (Å²) < 4.78 is 2.00. The van der Waals surface area contributed by atoms with Crippen molar-refractivity contribution in [3.63, 3.8) is 0 Å². The first-order valence-corrected chi connectivity index (χ1v) is 8.23. The molecule has 2 aromatic rings. The van der Waals surface area contributed by atoms with Gasteiger partial charge in [0.2, 0.25) is 5.91 Å². The van der Waals surface area contributed by atoms with Gasteiger partial charge in [-0.25, -0.2) is 4.98 Å². The average Bonchev–Trinajstić information content (AvgIpc) is 3.12. The number of carbonyl (C=O) groups excluding carboxylic acids is 1. The summed E-state index contributed by atoms with van der Waals surface area (Å²) in [6.07, 6.45) is 6.37. The van der Waals surface area contributed by atoms with Crippen molar-refractivity contribution in [3.8, 4) is 0 Å². The number of imidazole rings is 1. The van der Waals surface area contributed by atoms with E-state index < -0.39 is 0 Å². The van der Waals surface area contributed by atoms with Crippen molar-refractivity contribution in [2.24, 2.45) is 7.05 Å². The third-order valence-electron chi connectivity index (χ3n) is 4.42. The maximum absolute atomic E-state index is 12.1. The van der Waals surface area contributed by atoms with Gasteiger partial charge in [-0.2, -0.15) is 0 Å².